The van der Waals surface area contributed by atoms with Crippen LogP contribution in [0.15, 0.2) is 6.20 Å². The van der Waals surface area contributed by atoms with Gasteiger partial charge in [-0.1, -0.05) is 11.6 Å². The topological polar surface area (TPSA) is 62.4 Å². The molecule has 1 aromatic rings. The van der Waals surface area contributed by atoms with E-state index in [1.165, 1.54) is 0 Å². The minimum Gasteiger partial charge on any atom is -0.303 e. The van der Waals surface area contributed by atoms with Crippen LogP contribution in [0.5, 0.6) is 0 Å². The molecule has 2 unspecified atom stereocenters. The van der Waals surface area contributed by atoms with Crippen LogP contribution in [-0.2, 0) is 6.54 Å². The number of hydrogen-bond acceptors (Lipinski definition) is 5. The van der Waals surface area contributed by atoms with Crippen LogP contribution in [0.4, 0.5) is 0 Å². The Bertz CT molecular complexity index is 420. The lowest BCUT2D eigenvalue weighted by Gasteiger charge is -2.41. The van der Waals surface area contributed by atoms with Gasteiger partial charge >= 0.3 is 0 Å². The summed E-state index contributed by atoms with van der Waals surface area (Å²) < 4.78 is 1.91. The monoisotopic (exact) mass is 286 g/mol. The second kappa shape index (κ2) is 6.19. The van der Waals surface area contributed by atoms with E-state index in [9.17, 15) is 0 Å². The molecule has 3 N–H and O–H groups in total. The van der Waals surface area contributed by atoms with Gasteiger partial charge in [0, 0.05) is 32.2 Å². The maximum atomic E-state index is 6.29. The molecule has 1 saturated heterocycles. The Labute approximate surface area is 119 Å². The molecule has 1 aromatic heterocycles. The molecule has 6 nitrogen and oxygen atoms in total. The van der Waals surface area contributed by atoms with Crippen LogP contribution in [0, 0.1) is 0 Å². The molecule has 0 saturated carbocycles. The molecule has 0 aromatic carbocycles. The summed E-state index contributed by atoms with van der Waals surface area (Å²) in [6.45, 7) is 5.89. The first-order valence-electron chi connectivity index (χ1n) is 6.64. The molecule has 0 radical (unpaired) electrons. The van der Waals surface area contributed by atoms with Gasteiger partial charge in [0.05, 0.1) is 23.0 Å². The van der Waals surface area contributed by atoms with Crippen molar-refractivity contribution in [2.45, 2.75) is 25.6 Å². The molecule has 1 aliphatic rings. The van der Waals surface area contributed by atoms with Crippen LogP contribution in [0.1, 0.15) is 18.7 Å². The van der Waals surface area contributed by atoms with E-state index in [-0.39, 0.29) is 12.1 Å². The predicted octanol–water partition coefficient (Wildman–Crippen LogP) is 0.307. The third kappa shape index (κ3) is 2.93. The van der Waals surface area contributed by atoms with Crippen molar-refractivity contribution < 1.29 is 0 Å². The molecule has 0 bridgehead atoms. The first-order valence-corrected chi connectivity index (χ1v) is 7.02. The SMILES string of the molecule is CCn1ncc(Cl)c1C(NN)C1CN(C)CCN1C. The van der Waals surface area contributed by atoms with Crippen LogP contribution < -0.4 is 11.3 Å². The Morgan fingerprint density at radius 3 is 2.89 bits per heavy atom. The third-order valence-corrected chi connectivity index (χ3v) is 4.18. The van der Waals surface area contributed by atoms with Crippen molar-refractivity contribution in [2.75, 3.05) is 33.7 Å². The van der Waals surface area contributed by atoms with Crippen LogP contribution in [0.25, 0.3) is 0 Å². The van der Waals surface area contributed by atoms with Crippen molar-refractivity contribution >= 4 is 11.6 Å². The molecule has 1 fully saturated rings. The number of aryl methyl sites for hydroxylation is 1. The molecule has 0 amide bonds. The molecule has 2 atom stereocenters. The van der Waals surface area contributed by atoms with E-state index in [1.54, 1.807) is 6.20 Å². The zero-order valence-corrected chi connectivity index (χ0v) is 12.6. The van der Waals surface area contributed by atoms with Crippen LogP contribution in [0.2, 0.25) is 5.02 Å². The maximum absolute atomic E-state index is 6.29. The first-order chi connectivity index (χ1) is 9.08. The lowest BCUT2D eigenvalue weighted by Crippen LogP contribution is -2.56. The van der Waals surface area contributed by atoms with E-state index < -0.39 is 0 Å². The minimum atomic E-state index is -0.0253. The summed E-state index contributed by atoms with van der Waals surface area (Å²) in [6.07, 6.45) is 1.69. The highest BCUT2D eigenvalue weighted by Crippen LogP contribution is 2.28. The largest absolute Gasteiger partial charge is 0.303 e. The standard InChI is InChI=1S/C12H23ClN6/c1-4-19-12(9(13)7-15-19)11(16-14)10-8-17(2)5-6-18(10)3/h7,10-11,16H,4-6,8,14H2,1-3H3. The first kappa shape index (κ1) is 14.7. The van der Waals surface area contributed by atoms with Crippen molar-refractivity contribution in [1.29, 1.82) is 0 Å². The second-order valence-corrected chi connectivity index (χ2v) is 5.56. The van der Waals surface area contributed by atoms with Crippen molar-refractivity contribution in [3.63, 3.8) is 0 Å². The van der Waals surface area contributed by atoms with Gasteiger partial charge in [-0.05, 0) is 21.0 Å². The summed E-state index contributed by atoms with van der Waals surface area (Å²) in [5.41, 5.74) is 3.90. The Morgan fingerprint density at radius 1 is 1.53 bits per heavy atom. The number of rotatable bonds is 4. The van der Waals surface area contributed by atoms with Gasteiger partial charge in [0.1, 0.15) is 0 Å². The Hall–Kier alpha value is -0.660. The molecule has 1 aliphatic heterocycles. The van der Waals surface area contributed by atoms with E-state index in [4.69, 9.17) is 17.4 Å². The molecule has 2 heterocycles. The van der Waals surface area contributed by atoms with Crippen molar-refractivity contribution in [3.8, 4) is 0 Å². The lowest BCUT2D eigenvalue weighted by molar-refractivity contribution is 0.0853. The smallest absolute Gasteiger partial charge is 0.0835 e. The maximum Gasteiger partial charge on any atom is 0.0835 e. The number of piperazine rings is 1. The number of nitrogens with one attached hydrogen (secondary N) is 1. The number of halogens is 1. The van der Waals surface area contributed by atoms with Gasteiger partial charge in [-0.25, -0.2) is 5.43 Å². The lowest BCUT2D eigenvalue weighted by atomic mass is 10.0. The highest BCUT2D eigenvalue weighted by atomic mass is 35.5. The van der Waals surface area contributed by atoms with Crippen molar-refractivity contribution in [3.05, 3.63) is 16.9 Å². The Kier molecular flexibility index (Phi) is 4.81. The zero-order valence-electron chi connectivity index (χ0n) is 11.8. The fourth-order valence-electron chi connectivity index (χ4n) is 2.71. The molecular weight excluding hydrogens is 264 g/mol. The van der Waals surface area contributed by atoms with Gasteiger partial charge in [-0.2, -0.15) is 5.10 Å². The van der Waals surface area contributed by atoms with Crippen molar-refractivity contribution in [1.82, 2.24) is 25.0 Å². The van der Waals surface area contributed by atoms with E-state index in [2.05, 4.69) is 41.3 Å². The molecular formula is C12H23ClN6. The molecule has 0 spiro atoms. The van der Waals surface area contributed by atoms with Gasteiger partial charge in [-0.3, -0.25) is 15.4 Å². The Morgan fingerprint density at radius 2 is 2.26 bits per heavy atom. The van der Waals surface area contributed by atoms with E-state index in [1.807, 2.05) is 4.68 Å². The Balaban J connectivity index is 2.30. The highest BCUT2D eigenvalue weighted by molar-refractivity contribution is 6.31. The normalized spacial score (nSPS) is 23.7. The molecule has 2 rings (SSSR count). The summed E-state index contributed by atoms with van der Waals surface area (Å²) in [6, 6.07) is 0.256. The fourth-order valence-corrected chi connectivity index (χ4v) is 2.97. The number of likely N-dealkylation sites (N-methyl/N-ethyl adjacent to an activating group) is 2. The van der Waals surface area contributed by atoms with E-state index in [0.717, 1.165) is 31.9 Å². The van der Waals surface area contributed by atoms with Crippen LogP contribution in [0.3, 0.4) is 0 Å². The van der Waals surface area contributed by atoms with Crippen LogP contribution >= 0.6 is 11.6 Å². The van der Waals surface area contributed by atoms with Gasteiger partial charge < -0.3 is 4.90 Å². The summed E-state index contributed by atoms with van der Waals surface area (Å²) in [4.78, 5) is 4.64. The number of hydrazine groups is 1. The quantitative estimate of drug-likeness (QED) is 0.616. The zero-order chi connectivity index (χ0) is 14.0. The third-order valence-electron chi connectivity index (χ3n) is 3.89. The fraction of sp³-hybridized carbons (Fsp3) is 0.750. The van der Waals surface area contributed by atoms with Crippen LogP contribution in [-0.4, -0.2) is 59.4 Å². The van der Waals surface area contributed by atoms with Crippen molar-refractivity contribution in [2.24, 2.45) is 5.84 Å². The number of nitrogens with zero attached hydrogens (tertiary/aromatic N) is 4. The average molecular weight is 287 g/mol. The summed E-state index contributed by atoms with van der Waals surface area (Å²) in [7, 11) is 4.26. The van der Waals surface area contributed by atoms with Gasteiger partial charge in [0.15, 0.2) is 0 Å². The van der Waals surface area contributed by atoms with Gasteiger partial charge in [-0.15, -0.1) is 0 Å². The minimum absolute atomic E-state index is 0.0253. The van der Waals surface area contributed by atoms with Gasteiger partial charge in [0.2, 0.25) is 0 Å². The predicted molar refractivity (Wildman–Crippen MR) is 76.9 cm³/mol. The van der Waals surface area contributed by atoms with E-state index >= 15 is 0 Å². The molecule has 7 heteroatoms. The summed E-state index contributed by atoms with van der Waals surface area (Å²) in [5.74, 6) is 5.80. The number of aromatic nitrogens is 2. The summed E-state index contributed by atoms with van der Waals surface area (Å²) in [5, 5.41) is 4.97. The number of hydrogen-bond donors (Lipinski definition) is 2. The molecule has 19 heavy (non-hydrogen) atoms. The second-order valence-electron chi connectivity index (χ2n) is 5.15. The average Bonchev–Trinajstić information content (AvgIpc) is 2.76. The van der Waals surface area contributed by atoms with Gasteiger partial charge in [0.25, 0.3) is 0 Å². The summed E-state index contributed by atoms with van der Waals surface area (Å²) >= 11 is 6.29. The number of nitrogens with two attached hydrogens (primary N) is 1. The molecule has 0 aliphatic carbocycles. The van der Waals surface area contributed by atoms with E-state index in [0.29, 0.717) is 5.02 Å². The molecule has 108 valence electrons. The highest BCUT2D eigenvalue weighted by Gasteiger charge is 2.33.